The van der Waals surface area contributed by atoms with Crippen molar-refractivity contribution >= 4 is 0 Å². The van der Waals surface area contributed by atoms with Gasteiger partial charge in [0.15, 0.2) is 0 Å². The number of alkyl halides is 3. The Bertz CT molecular complexity index is 318. The van der Waals surface area contributed by atoms with Gasteiger partial charge in [-0.15, -0.1) is 0 Å². The SMILES string of the molecule is CC(C)CNCC1(CN(CC(F)(F)F)C2CC2)CCCC1. The molecule has 2 nitrogen and oxygen atoms in total. The number of halogens is 3. The molecule has 2 rings (SSSR count). The van der Waals surface area contributed by atoms with E-state index in [1.54, 1.807) is 4.90 Å². The third-order valence-corrected chi connectivity index (χ3v) is 4.70. The first-order valence-electron chi connectivity index (χ1n) is 8.31. The average molecular weight is 306 g/mol. The number of hydrogen-bond donors (Lipinski definition) is 1. The lowest BCUT2D eigenvalue weighted by molar-refractivity contribution is -0.150. The Morgan fingerprint density at radius 1 is 1.19 bits per heavy atom. The lowest BCUT2D eigenvalue weighted by Gasteiger charge is -2.36. The summed E-state index contributed by atoms with van der Waals surface area (Å²) in [6.07, 6.45) is 2.25. The van der Waals surface area contributed by atoms with Gasteiger partial charge < -0.3 is 5.32 Å². The highest BCUT2D eigenvalue weighted by Crippen LogP contribution is 2.41. The van der Waals surface area contributed by atoms with E-state index in [2.05, 4.69) is 19.2 Å². The van der Waals surface area contributed by atoms with Crippen molar-refractivity contribution < 1.29 is 13.2 Å². The number of rotatable bonds is 8. The molecule has 0 heterocycles. The summed E-state index contributed by atoms with van der Waals surface area (Å²) >= 11 is 0. The maximum atomic E-state index is 12.8. The number of nitrogens with one attached hydrogen (secondary N) is 1. The van der Waals surface area contributed by atoms with Gasteiger partial charge in [0.2, 0.25) is 0 Å². The fraction of sp³-hybridized carbons (Fsp3) is 1.00. The van der Waals surface area contributed by atoms with E-state index >= 15 is 0 Å². The predicted octanol–water partition coefficient (Wildman–Crippen LogP) is 3.82. The summed E-state index contributed by atoms with van der Waals surface area (Å²) in [6, 6.07) is 0.175. The fourth-order valence-corrected chi connectivity index (χ4v) is 3.56. The van der Waals surface area contributed by atoms with Gasteiger partial charge in [-0.05, 0) is 43.6 Å². The molecule has 1 N–H and O–H groups in total. The largest absolute Gasteiger partial charge is 0.401 e. The van der Waals surface area contributed by atoms with Crippen LogP contribution in [0.5, 0.6) is 0 Å². The minimum Gasteiger partial charge on any atom is -0.316 e. The standard InChI is InChI=1S/C16H29F3N2/c1-13(2)9-20-10-15(7-3-4-8-15)11-21(14-5-6-14)12-16(17,18)19/h13-14,20H,3-12H2,1-2H3. The summed E-state index contributed by atoms with van der Waals surface area (Å²) in [4.78, 5) is 1.71. The monoisotopic (exact) mass is 306 g/mol. The summed E-state index contributed by atoms with van der Waals surface area (Å²) in [6.45, 7) is 6.02. The van der Waals surface area contributed by atoms with Gasteiger partial charge in [-0.2, -0.15) is 13.2 Å². The van der Waals surface area contributed by atoms with Crippen LogP contribution >= 0.6 is 0 Å². The van der Waals surface area contributed by atoms with Crippen LogP contribution in [0.4, 0.5) is 13.2 Å². The van der Waals surface area contributed by atoms with E-state index in [1.165, 1.54) is 0 Å². The average Bonchev–Trinajstić information content (AvgIpc) is 3.09. The molecule has 0 aromatic carbocycles. The molecule has 0 saturated heterocycles. The van der Waals surface area contributed by atoms with Crippen LogP contribution in [0.15, 0.2) is 0 Å². The van der Waals surface area contributed by atoms with Crippen molar-refractivity contribution in [3.8, 4) is 0 Å². The Balaban J connectivity index is 1.93. The van der Waals surface area contributed by atoms with E-state index in [0.29, 0.717) is 12.5 Å². The molecule has 2 aliphatic carbocycles. The second-order valence-corrected chi connectivity index (χ2v) is 7.48. The molecular weight excluding hydrogens is 277 g/mol. The molecule has 0 aromatic rings. The Morgan fingerprint density at radius 2 is 1.81 bits per heavy atom. The Kier molecular flexibility index (Phi) is 5.58. The molecule has 21 heavy (non-hydrogen) atoms. The molecule has 2 aliphatic rings. The summed E-state index contributed by atoms with van der Waals surface area (Å²) < 4.78 is 38.4. The quantitative estimate of drug-likeness (QED) is 0.733. The third kappa shape index (κ3) is 5.78. The summed E-state index contributed by atoms with van der Waals surface area (Å²) in [5.74, 6) is 0.582. The molecule has 0 atom stereocenters. The van der Waals surface area contributed by atoms with E-state index in [9.17, 15) is 13.2 Å². The van der Waals surface area contributed by atoms with Gasteiger partial charge in [0.25, 0.3) is 0 Å². The Labute approximate surface area is 126 Å². The topological polar surface area (TPSA) is 15.3 Å². The summed E-state index contributed by atoms with van der Waals surface area (Å²) in [5, 5.41) is 3.49. The van der Waals surface area contributed by atoms with Crippen molar-refractivity contribution in [2.75, 3.05) is 26.2 Å². The minimum absolute atomic E-state index is 0.0583. The highest BCUT2D eigenvalue weighted by Gasteiger charge is 2.43. The van der Waals surface area contributed by atoms with Crippen LogP contribution in [0.3, 0.4) is 0 Å². The summed E-state index contributed by atoms with van der Waals surface area (Å²) in [5.41, 5.74) is 0.0583. The first-order valence-corrected chi connectivity index (χ1v) is 8.31. The molecule has 0 aliphatic heterocycles. The third-order valence-electron chi connectivity index (χ3n) is 4.70. The van der Waals surface area contributed by atoms with Crippen LogP contribution in [0.2, 0.25) is 0 Å². The van der Waals surface area contributed by atoms with Crippen LogP contribution in [0.25, 0.3) is 0 Å². The van der Waals surface area contributed by atoms with Gasteiger partial charge in [0.05, 0.1) is 6.54 Å². The molecule has 0 aromatic heterocycles. The normalized spacial score (nSPS) is 22.4. The van der Waals surface area contributed by atoms with E-state index in [1.807, 2.05) is 0 Å². The zero-order chi connectivity index (χ0) is 15.5. The van der Waals surface area contributed by atoms with Crippen LogP contribution in [-0.4, -0.2) is 43.3 Å². The molecule has 0 radical (unpaired) electrons. The second kappa shape index (κ2) is 6.86. The van der Waals surface area contributed by atoms with Crippen LogP contribution < -0.4 is 5.32 Å². The van der Waals surface area contributed by atoms with Crippen LogP contribution in [0, 0.1) is 11.3 Å². The van der Waals surface area contributed by atoms with Crippen molar-refractivity contribution in [3.05, 3.63) is 0 Å². The van der Waals surface area contributed by atoms with E-state index in [4.69, 9.17) is 0 Å². The Morgan fingerprint density at radius 3 is 2.29 bits per heavy atom. The van der Waals surface area contributed by atoms with E-state index in [0.717, 1.165) is 51.6 Å². The predicted molar refractivity (Wildman–Crippen MR) is 79.3 cm³/mol. The first kappa shape index (κ1) is 17.1. The van der Waals surface area contributed by atoms with Gasteiger partial charge in [-0.3, -0.25) is 4.90 Å². The molecule has 0 bridgehead atoms. The lowest BCUT2D eigenvalue weighted by Crippen LogP contribution is -2.47. The van der Waals surface area contributed by atoms with Gasteiger partial charge in [0, 0.05) is 19.1 Å². The Hall–Kier alpha value is -0.290. The molecule has 5 heteroatoms. The molecular formula is C16H29F3N2. The van der Waals surface area contributed by atoms with E-state index < -0.39 is 12.7 Å². The van der Waals surface area contributed by atoms with Gasteiger partial charge in [-0.1, -0.05) is 26.7 Å². The zero-order valence-corrected chi connectivity index (χ0v) is 13.3. The molecule has 0 amide bonds. The molecule has 2 saturated carbocycles. The van der Waals surface area contributed by atoms with Crippen molar-refractivity contribution in [1.82, 2.24) is 10.2 Å². The molecule has 124 valence electrons. The minimum atomic E-state index is -4.08. The van der Waals surface area contributed by atoms with Crippen LogP contribution in [-0.2, 0) is 0 Å². The van der Waals surface area contributed by atoms with Gasteiger partial charge in [-0.25, -0.2) is 0 Å². The maximum Gasteiger partial charge on any atom is 0.401 e. The fourth-order valence-electron chi connectivity index (χ4n) is 3.56. The van der Waals surface area contributed by atoms with Gasteiger partial charge >= 0.3 is 6.18 Å². The highest BCUT2D eigenvalue weighted by molar-refractivity contribution is 4.94. The van der Waals surface area contributed by atoms with Crippen molar-refractivity contribution in [3.63, 3.8) is 0 Å². The number of nitrogens with zero attached hydrogens (tertiary/aromatic N) is 1. The maximum absolute atomic E-state index is 12.8. The zero-order valence-electron chi connectivity index (χ0n) is 13.3. The van der Waals surface area contributed by atoms with Crippen molar-refractivity contribution in [2.45, 2.75) is 64.6 Å². The lowest BCUT2D eigenvalue weighted by atomic mass is 9.85. The summed E-state index contributed by atoms with van der Waals surface area (Å²) in [7, 11) is 0. The first-order chi connectivity index (χ1) is 9.80. The smallest absolute Gasteiger partial charge is 0.316 e. The molecule has 0 spiro atoms. The highest BCUT2D eigenvalue weighted by atomic mass is 19.4. The van der Waals surface area contributed by atoms with E-state index in [-0.39, 0.29) is 11.5 Å². The molecule has 2 fully saturated rings. The van der Waals surface area contributed by atoms with Crippen molar-refractivity contribution in [2.24, 2.45) is 11.3 Å². The van der Waals surface area contributed by atoms with Crippen LogP contribution in [0.1, 0.15) is 52.4 Å². The molecule has 0 unspecified atom stereocenters. The van der Waals surface area contributed by atoms with Crippen molar-refractivity contribution in [1.29, 1.82) is 0 Å². The number of hydrogen-bond acceptors (Lipinski definition) is 2. The van der Waals surface area contributed by atoms with Gasteiger partial charge in [0.1, 0.15) is 0 Å². The second-order valence-electron chi connectivity index (χ2n) is 7.48.